The fourth-order valence-electron chi connectivity index (χ4n) is 5.74. The van der Waals surface area contributed by atoms with Crippen LogP contribution in [-0.2, 0) is 26.2 Å². The van der Waals surface area contributed by atoms with Gasteiger partial charge in [-0.05, 0) is 36.1 Å². The topological polar surface area (TPSA) is 18.5 Å². The number of rotatable bonds is 4. The third kappa shape index (κ3) is 7.75. The Labute approximate surface area is 254 Å². The SMILES string of the molecule is COc1cccc(C2[CH-]C3C=CC=CC3C2)c1.COc1cccc(C2[CH-]C3C=CC=CC3C2)c1.[Cl-].[Cl-].[Zr+4]. The minimum atomic E-state index is 0. The normalized spacial score (nSPS) is 27.8. The van der Waals surface area contributed by atoms with Gasteiger partial charge in [0.05, 0.1) is 14.2 Å². The largest absolute Gasteiger partial charge is 4.00 e. The maximum Gasteiger partial charge on any atom is 4.00 e. The van der Waals surface area contributed by atoms with Gasteiger partial charge in [-0.15, -0.1) is 35.8 Å². The van der Waals surface area contributed by atoms with Gasteiger partial charge in [0.2, 0.25) is 0 Å². The second-order valence-corrected chi connectivity index (χ2v) is 9.64. The predicted molar refractivity (Wildman–Crippen MR) is 140 cm³/mol. The van der Waals surface area contributed by atoms with Crippen molar-refractivity contribution in [3.63, 3.8) is 0 Å². The summed E-state index contributed by atoms with van der Waals surface area (Å²) in [6.07, 6.45) is 25.3. The first-order valence-corrected chi connectivity index (χ1v) is 12.4. The molecular formula is C32H34Cl2O2Zr. The average Bonchev–Trinajstić information content (AvgIpc) is 3.54. The van der Waals surface area contributed by atoms with E-state index in [1.54, 1.807) is 14.2 Å². The van der Waals surface area contributed by atoms with Gasteiger partial charge in [0.25, 0.3) is 0 Å². The molecule has 0 spiro atoms. The number of allylic oxidation sites excluding steroid dienone is 8. The molecule has 0 saturated heterocycles. The molecule has 2 saturated carbocycles. The van der Waals surface area contributed by atoms with Gasteiger partial charge in [-0.2, -0.15) is 0 Å². The molecule has 2 aromatic carbocycles. The predicted octanol–water partition coefficient (Wildman–Crippen LogP) is 1.50. The maximum atomic E-state index is 5.29. The second-order valence-electron chi connectivity index (χ2n) is 9.64. The molecule has 2 aromatic rings. The van der Waals surface area contributed by atoms with Crippen molar-refractivity contribution in [3.8, 4) is 11.5 Å². The zero-order chi connectivity index (χ0) is 23.3. The first kappa shape index (κ1) is 31.7. The van der Waals surface area contributed by atoms with Crippen molar-refractivity contribution in [3.05, 3.63) is 121 Å². The Kier molecular flexibility index (Phi) is 13.0. The molecule has 0 heterocycles. The molecule has 6 atom stereocenters. The van der Waals surface area contributed by atoms with Gasteiger partial charge < -0.3 is 47.1 Å². The fourth-order valence-corrected chi connectivity index (χ4v) is 5.74. The zero-order valence-corrected chi connectivity index (χ0v) is 25.3. The van der Waals surface area contributed by atoms with Crippen LogP contribution in [0.4, 0.5) is 0 Å². The zero-order valence-electron chi connectivity index (χ0n) is 21.3. The molecule has 4 aliphatic carbocycles. The van der Waals surface area contributed by atoms with Crippen LogP contribution in [0.25, 0.3) is 0 Å². The van der Waals surface area contributed by atoms with Crippen LogP contribution in [0.15, 0.2) is 97.1 Å². The number of benzene rings is 2. The summed E-state index contributed by atoms with van der Waals surface area (Å²) in [5, 5.41) is 0. The fraction of sp³-hybridized carbons (Fsp3) is 0.312. The van der Waals surface area contributed by atoms with E-state index >= 15 is 0 Å². The van der Waals surface area contributed by atoms with E-state index in [-0.39, 0.29) is 51.0 Å². The van der Waals surface area contributed by atoms with Crippen LogP contribution < -0.4 is 34.3 Å². The van der Waals surface area contributed by atoms with Crippen molar-refractivity contribution < 1.29 is 60.5 Å². The van der Waals surface area contributed by atoms with Gasteiger partial charge in [-0.3, -0.25) is 0 Å². The molecular weight excluding hydrogens is 578 g/mol. The molecule has 0 aromatic heterocycles. The second kappa shape index (κ2) is 15.2. The summed E-state index contributed by atoms with van der Waals surface area (Å²) in [5.74, 6) is 5.66. The monoisotopic (exact) mass is 610 g/mol. The number of hydrogen-bond acceptors (Lipinski definition) is 2. The Bertz CT molecular complexity index is 982. The van der Waals surface area contributed by atoms with Crippen LogP contribution in [0.3, 0.4) is 0 Å². The van der Waals surface area contributed by atoms with Gasteiger partial charge in [0.15, 0.2) is 0 Å². The molecule has 37 heavy (non-hydrogen) atoms. The molecule has 2 nitrogen and oxygen atoms in total. The first-order valence-electron chi connectivity index (χ1n) is 12.4. The summed E-state index contributed by atoms with van der Waals surface area (Å²) in [5.41, 5.74) is 2.75. The maximum absolute atomic E-state index is 5.29. The number of ether oxygens (including phenoxy) is 2. The van der Waals surface area contributed by atoms with Crippen molar-refractivity contribution in [1.82, 2.24) is 0 Å². The van der Waals surface area contributed by atoms with E-state index in [0.717, 1.165) is 11.5 Å². The third-order valence-electron chi connectivity index (χ3n) is 7.60. The molecule has 4 aliphatic rings. The molecule has 5 heteroatoms. The average molecular weight is 613 g/mol. The molecule has 0 amide bonds. The van der Waals surface area contributed by atoms with E-state index in [0.29, 0.717) is 35.5 Å². The Balaban J connectivity index is 0.000000241. The summed E-state index contributed by atoms with van der Waals surface area (Å²) in [7, 11) is 3.45. The van der Waals surface area contributed by atoms with Gasteiger partial charge in [-0.1, -0.05) is 84.7 Å². The molecule has 0 aliphatic heterocycles. The molecule has 2 fully saturated rings. The van der Waals surface area contributed by atoms with Crippen molar-refractivity contribution in [2.24, 2.45) is 23.7 Å². The van der Waals surface area contributed by atoms with Crippen LogP contribution in [0, 0.1) is 36.5 Å². The van der Waals surface area contributed by atoms with E-state index < -0.39 is 0 Å². The van der Waals surface area contributed by atoms with Crippen molar-refractivity contribution in [1.29, 1.82) is 0 Å². The Hall–Kier alpha value is -1.54. The summed E-state index contributed by atoms with van der Waals surface area (Å²) >= 11 is 0. The summed E-state index contributed by atoms with van der Waals surface area (Å²) in [6, 6.07) is 16.9. The van der Waals surface area contributed by atoms with Gasteiger partial charge in [-0.25, -0.2) is 0 Å². The third-order valence-corrected chi connectivity index (χ3v) is 7.60. The molecule has 0 bridgehead atoms. The van der Waals surface area contributed by atoms with E-state index in [1.165, 1.54) is 24.0 Å². The molecule has 6 unspecified atom stereocenters. The van der Waals surface area contributed by atoms with E-state index in [2.05, 4.69) is 97.8 Å². The molecule has 192 valence electrons. The number of methoxy groups -OCH3 is 2. The Morgan fingerprint density at radius 1 is 0.622 bits per heavy atom. The smallest absolute Gasteiger partial charge is 1.00 e. The van der Waals surface area contributed by atoms with Gasteiger partial charge >= 0.3 is 26.2 Å². The van der Waals surface area contributed by atoms with Crippen LogP contribution in [0.5, 0.6) is 11.5 Å². The molecule has 0 radical (unpaired) electrons. The van der Waals surface area contributed by atoms with Crippen LogP contribution in [0.1, 0.15) is 35.8 Å². The summed E-state index contributed by atoms with van der Waals surface area (Å²) in [4.78, 5) is 0. The number of hydrogen-bond donors (Lipinski definition) is 0. The van der Waals surface area contributed by atoms with Crippen LogP contribution in [-0.4, -0.2) is 14.2 Å². The van der Waals surface area contributed by atoms with E-state index in [4.69, 9.17) is 9.47 Å². The quantitative estimate of drug-likeness (QED) is 0.488. The van der Waals surface area contributed by atoms with Crippen molar-refractivity contribution in [2.45, 2.75) is 24.7 Å². The van der Waals surface area contributed by atoms with Gasteiger partial charge in [0.1, 0.15) is 11.5 Å². The van der Waals surface area contributed by atoms with Crippen molar-refractivity contribution in [2.75, 3.05) is 14.2 Å². The number of fused-ring (bicyclic) bond motifs is 2. The van der Waals surface area contributed by atoms with E-state index in [9.17, 15) is 0 Å². The Morgan fingerprint density at radius 3 is 1.41 bits per heavy atom. The van der Waals surface area contributed by atoms with Crippen LogP contribution in [0.2, 0.25) is 0 Å². The molecule has 6 rings (SSSR count). The number of halogens is 2. The Morgan fingerprint density at radius 2 is 1.03 bits per heavy atom. The first-order chi connectivity index (χ1) is 16.7. The summed E-state index contributed by atoms with van der Waals surface area (Å²) in [6.45, 7) is 0. The molecule has 0 N–H and O–H groups in total. The van der Waals surface area contributed by atoms with Crippen molar-refractivity contribution >= 4 is 0 Å². The standard InChI is InChI=1S/2C16H17O.2ClH.Zr/c2*1-17-16-8-4-7-14(11-16)15-9-12-5-2-3-6-13(12)10-15;;;/h2*2-9,11-13,15H,10H2,1H3;2*1H;/q2*-1;;;+4/p-2. The summed E-state index contributed by atoms with van der Waals surface area (Å²) < 4.78 is 10.6. The minimum absolute atomic E-state index is 0. The van der Waals surface area contributed by atoms with Gasteiger partial charge in [0, 0.05) is 0 Å². The minimum Gasteiger partial charge on any atom is -1.00 e. The van der Waals surface area contributed by atoms with E-state index in [1.807, 2.05) is 12.1 Å². The van der Waals surface area contributed by atoms with Crippen LogP contribution >= 0.6 is 0 Å².